The Balaban J connectivity index is 0.000000292. The van der Waals surface area contributed by atoms with Gasteiger partial charge in [-0.15, -0.1) is 0 Å². The van der Waals surface area contributed by atoms with Gasteiger partial charge in [0.1, 0.15) is 0 Å². The topological polar surface area (TPSA) is 80.9 Å². The van der Waals surface area contributed by atoms with Gasteiger partial charge in [0.2, 0.25) is 0 Å². The van der Waals surface area contributed by atoms with Crippen LogP contribution in [0.4, 0.5) is 0 Å². The van der Waals surface area contributed by atoms with Crippen molar-refractivity contribution in [1.29, 1.82) is 0 Å². The Morgan fingerprint density at radius 1 is 0.634 bits per heavy atom. The zero-order chi connectivity index (χ0) is 29.4. The van der Waals surface area contributed by atoms with Crippen molar-refractivity contribution in [3.8, 4) is 0 Å². The van der Waals surface area contributed by atoms with Gasteiger partial charge in [-0.05, 0) is 56.2 Å². The van der Waals surface area contributed by atoms with Crippen molar-refractivity contribution < 1.29 is 4.21 Å². The Hall–Kier alpha value is -3.19. The summed E-state index contributed by atoms with van der Waals surface area (Å²) in [5.41, 5.74) is 10.1. The molecule has 3 N–H and O–H groups in total. The molecule has 0 spiro atoms. The summed E-state index contributed by atoms with van der Waals surface area (Å²) in [6.07, 6.45) is 3.62. The number of rotatable bonds is 8. The third kappa shape index (κ3) is 8.90. The van der Waals surface area contributed by atoms with Crippen molar-refractivity contribution in [3.63, 3.8) is 0 Å². The van der Waals surface area contributed by atoms with Gasteiger partial charge in [0.25, 0.3) is 0 Å². The molecule has 220 valence electrons. The molecule has 0 saturated carbocycles. The molecule has 4 rings (SSSR count). The predicted molar refractivity (Wildman–Crippen MR) is 175 cm³/mol. The molecular formula is C35H48N4OS. The van der Waals surface area contributed by atoms with E-state index in [-0.39, 0.29) is 35.1 Å². The van der Waals surface area contributed by atoms with Crippen LogP contribution in [0.1, 0.15) is 90.5 Å². The van der Waals surface area contributed by atoms with Crippen LogP contribution in [0.15, 0.2) is 109 Å². The number of nitrogens with one attached hydrogen (secondary N) is 1. The van der Waals surface area contributed by atoms with Gasteiger partial charge in [-0.1, -0.05) is 108 Å². The third-order valence-electron chi connectivity index (χ3n) is 7.22. The molecule has 0 aliphatic heterocycles. The molecule has 4 aromatic rings. The summed E-state index contributed by atoms with van der Waals surface area (Å²) in [6, 6.07) is 32.1. The summed E-state index contributed by atoms with van der Waals surface area (Å²) in [5, 5.41) is 0. The van der Waals surface area contributed by atoms with Gasteiger partial charge in [-0.3, -0.25) is 9.97 Å². The van der Waals surface area contributed by atoms with E-state index in [0.717, 1.165) is 22.5 Å². The molecule has 0 bridgehead atoms. The van der Waals surface area contributed by atoms with Crippen LogP contribution in [0.25, 0.3) is 0 Å². The summed E-state index contributed by atoms with van der Waals surface area (Å²) in [7, 11) is -1.17. The van der Waals surface area contributed by atoms with E-state index in [9.17, 15) is 4.21 Å². The number of aromatic nitrogens is 2. The van der Waals surface area contributed by atoms with E-state index in [1.807, 2.05) is 99.8 Å². The fourth-order valence-electron chi connectivity index (χ4n) is 4.43. The van der Waals surface area contributed by atoms with E-state index < -0.39 is 11.0 Å². The normalized spacial score (nSPS) is 14.0. The molecular weight excluding hydrogens is 524 g/mol. The molecule has 41 heavy (non-hydrogen) atoms. The molecule has 0 unspecified atom stereocenters. The zero-order valence-corrected chi connectivity index (χ0v) is 25.7. The van der Waals surface area contributed by atoms with Crippen LogP contribution in [0.5, 0.6) is 0 Å². The average Bonchev–Trinajstić information content (AvgIpc) is 2.97. The highest BCUT2D eigenvalue weighted by Gasteiger charge is 2.36. The minimum atomic E-state index is -1.17. The lowest BCUT2D eigenvalue weighted by Crippen LogP contribution is -2.43. The molecule has 6 heteroatoms. The molecule has 5 nitrogen and oxygen atoms in total. The second-order valence-electron chi connectivity index (χ2n) is 12.1. The van der Waals surface area contributed by atoms with Crippen molar-refractivity contribution in [2.24, 2.45) is 5.73 Å². The minimum absolute atomic E-state index is 0. The SMILES string of the molecule is C.CC(C)(c1ccccn1)[C@@H](N)c1ccccc1.CC(C)(c1ccccn1)[C@@H](N[S@](=O)C(C)(C)C)c1ccccc1. The summed E-state index contributed by atoms with van der Waals surface area (Å²) >= 11 is 0. The Morgan fingerprint density at radius 3 is 1.46 bits per heavy atom. The first-order chi connectivity index (χ1) is 18.8. The van der Waals surface area contributed by atoms with Crippen molar-refractivity contribution in [2.45, 2.75) is 83.6 Å². The predicted octanol–water partition coefficient (Wildman–Crippen LogP) is 7.85. The fraction of sp³-hybridized carbons (Fsp3) is 0.371. The standard InChI is InChI=1S/C19H26N2OS.C15H18N2.CH4/c1-18(2,3)23(22)21-17(15-11-7-6-8-12-15)19(4,5)16-13-9-10-14-20-16;1-15(2,13-10-6-7-11-17-13)14(16)12-8-4-3-5-9-12;/h6-14,17,21H,1-5H3;3-11,14H,16H2,1-2H3;1H4/t17-,23+;14-;/m00./s1. The van der Waals surface area contributed by atoms with Crippen LogP contribution in [-0.4, -0.2) is 18.9 Å². The molecule has 0 saturated heterocycles. The number of pyridine rings is 2. The first-order valence-electron chi connectivity index (χ1n) is 13.7. The monoisotopic (exact) mass is 572 g/mol. The molecule has 3 atom stereocenters. The molecule has 0 aliphatic carbocycles. The van der Waals surface area contributed by atoms with Crippen molar-refractivity contribution in [1.82, 2.24) is 14.7 Å². The molecule has 0 radical (unpaired) electrons. The van der Waals surface area contributed by atoms with E-state index >= 15 is 0 Å². The lowest BCUT2D eigenvalue weighted by molar-refractivity contribution is 0.383. The highest BCUT2D eigenvalue weighted by molar-refractivity contribution is 7.84. The summed E-state index contributed by atoms with van der Waals surface area (Å²) < 4.78 is 15.7. The van der Waals surface area contributed by atoms with E-state index in [0.29, 0.717) is 0 Å². The van der Waals surface area contributed by atoms with Gasteiger partial charge in [-0.2, -0.15) is 0 Å². The Morgan fingerprint density at radius 2 is 1.05 bits per heavy atom. The average molecular weight is 573 g/mol. The van der Waals surface area contributed by atoms with Crippen LogP contribution in [0, 0.1) is 0 Å². The van der Waals surface area contributed by atoms with Crippen LogP contribution < -0.4 is 10.5 Å². The summed E-state index contributed by atoms with van der Waals surface area (Å²) in [4.78, 5) is 8.94. The molecule has 0 fully saturated rings. The van der Waals surface area contributed by atoms with Gasteiger partial charge >= 0.3 is 0 Å². The van der Waals surface area contributed by atoms with E-state index in [1.165, 1.54) is 0 Å². The van der Waals surface area contributed by atoms with Gasteiger partial charge in [0, 0.05) is 40.7 Å². The molecule has 2 aromatic carbocycles. The Labute approximate surface area is 250 Å². The van der Waals surface area contributed by atoms with E-state index in [4.69, 9.17) is 5.73 Å². The van der Waals surface area contributed by atoms with Crippen molar-refractivity contribution in [2.75, 3.05) is 0 Å². The second kappa shape index (κ2) is 14.6. The maximum absolute atomic E-state index is 12.7. The largest absolute Gasteiger partial charge is 0.323 e. The number of benzene rings is 2. The Kier molecular flexibility index (Phi) is 12.1. The van der Waals surface area contributed by atoms with Crippen LogP contribution >= 0.6 is 0 Å². The zero-order valence-electron chi connectivity index (χ0n) is 24.8. The maximum atomic E-state index is 12.7. The first kappa shape index (κ1) is 34.0. The quantitative estimate of drug-likeness (QED) is 0.225. The number of hydrogen-bond donors (Lipinski definition) is 2. The number of nitrogens with two attached hydrogens (primary N) is 1. The smallest absolute Gasteiger partial charge is 0.0976 e. The third-order valence-corrected chi connectivity index (χ3v) is 8.78. The lowest BCUT2D eigenvalue weighted by atomic mass is 9.78. The van der Waals surface area contributed by atoms with Gasteiger partial charge in [-0.25, -0.2) is 8.93 Å². The second-order valence-corrected chi connectivity index (χ2v) is 14.1. The summed E-state index contributed by atoms with van der Waals surface area (Å²) in [6.45, 7) is 14.5. The molecule has 0 aliphatic rings. The molecule has 2 aromatic heterocycles. The Bertz CT molecular complexity index is 1320. The minimum Gasteiger partial charge on any atom is -0.323 e. The van der Waals surface area contributed by atoms with Gasteiger partial charge in [0.05, 0.1) is 21.8 Å². The van der Waals surface area contributed by atoms with Gasteiger partial charge in [0.15, 0.2) is 0 Å². The highest BCUT2D eigenvalue weighted by atomic mass is 32.2. The maximum Gasteiger partial charge on any atom is 0.0976 e. The highest BCUT2D eigenvalue weighted by Crippen LogP contribution is 2.37. The molecule has 0 amide bonds. The van der Waals surface area contributed by atoms with Crippen LogP contribution in [0.3, 0.4) is 0 Å². The fourth-order valence-corrected chi connectivity index (χ4v) is 5.43. The van der Waals surface area contributed by atoms with E-state index in [1.54, 1.807) is 6.20 Å². The van der Waals surface area contributed by atoms with E-state index in [2.05, 4.69) is 66.7 Å². The van der Waals surface area contributed by atoms with Crippen molar-refractivity contribution in [3.05, 3.63) is 132 Å². The number of nitrogens with zero attached hydrogens (tertiary/aromatic N) is 2. The van der Waals surface area contributed by atoms with Crippen LogP contribution in [0.2, 0.25) is 0 Å². The number of hydrogen-bond acceptors (Lipinski definition) is 4. The van der Waals surface area contributed by atoms with Crippen molar-refractivity contribution >= 4 is 11.0 Å². The van der Waals surface area contributed by atoms with Crippen LogP contribution in [-0.2, 0) is 21.8 Å². The molecule has 2 heterocycles. The first-order valence-corrected chi connectivity index (χ1v) is 14.9. The van der Waals surface area contributed by atoms with Gasteiger partial charge < -0.3 is 5.73 Å². The summed E-state index contributed by atoms with van der Waals surface area (Å²) in [5.74, 6) is 0. The lowest BCUT2D eigenvalue weighted by Gasteiger charge is -2.36.